The van der Waals surface area contributed by atoms with E-state index in [0.717, 1.165) is 49.1 Å². The van der Waals surface area contributed by atoms with Crippen molar-refractivity contribution in [3.05, 3.63) is 34.6 Å². The van der Waals surface area contributed by atoms with Crippen molar-refractivity contribution in [1.82, 2.24) is 14.9 Å². The van der Waals surface area contributed by atoms with Gasteiger partial charge in [0.25, 0.3) is 5.56 Å². The first kappa shape index (κ1) is 21.7. The minimum atomic E-state index is -0.0882. The van der Waals surface area contributed by atoms with Gasteiger partial charge in [-0.15, -0.1) is 0 Å². The predicted octanol–water partition coefficient (Wildman–Crippen LogP) is 3.28. The highest BCUT2D eigenvalue weighted by Gasteiger charge is 2.28. The molecule has 6 nitrogen and oxygen atoms in total. The van der Waals surface area contributed by atoms with Crippen LogP contribution in [0.15, 0.2) is 29.1 Å². The number of thioether (sulfide) groups is 1. The van der Waals surface area contributed by atoms with Crippen LogP contribution in [0.4, 0.5) is 5.82 Å². The molecule has 2 aromatic rings. The number of para-hydroxylation sites is 2. The summed E-state index contributed by atoms with van der Waals surface area (Å²) < 4.78 is 1.77. The number of carbonyl (C=O) groups is 1. The molecule has 0 spiro atoms. The maximum atomic E-state index is 13.0. The molecule has 1 saturated heterocycles. The van der Waals surface area contributed by atoms with Gasteiger partial charge in [0.05, 0.1) is 17.0 Å². The first-order chi connectivity index (χ1) is 14.2. The molecule has 7 heteroatoms. The van der Waals surface area contributed by atoms with Gasteiger partial charge in [-0.1, -0.05) is 19.1 Å². The normalized spacial score (nSPS) is 16.9. The van der Waals surface area contributed by atoms with Crippen LogP contribution in [0.5, 0.6) is 0 Å². The Balaban J connectivity index is 1.67. The Morgan fingerprint density at radius 3 is 2.90 bits per heavy atom. The van der Waals surface area contributed by atoms with Crippen LogP contribution in [-0.2, 0) is 11.3 Å². The molecular weight excluding hydrogens is 384 g/mol. The second-order valence-corrected chi connectivity index (χ2v) is 8.74. The van der Waals surface area contributed by atoms with Gasteiger partial charge in [0.15, 0.2) is 5.82 Å². The Labute approximate surface area is 177 Å². The molecule has 1 N–H and O–H groups in total. The lowest BCUT2D eigenvalue weighted by Gasteiger charge is -2.32. The third kappa shape index (κ3) is 5.32. The monoisotopic (exact) mass is 416 g/mol. The molecule has 1 fully saturated rings. The summed E-state index contributed by atoms with van der Waals surface area (Å²) in [5.41, 5.74) is 1.61. The zero-order valence-electron chi connectivity index (χ0n) is 17.5. The number of anilines is 1. The van der Waals surface area contributed by atoms with Gasteiger partial charge in [-0.2, -0.15) is 11.8 Å². The van der Waals surface area contributed by atoms with Crippen molar-refractivity contribution >= 4 is 34.5 Å². The summed E-state index contributed by atoms with van der Waals surface area (Å²) in [5, 5.41) is 3.09. The van der Waals surface area contributed by atoms with Gasteiger partial charge in [0.2, 0.25) is 5.91 Å². The van der Waals surface area contributed by atoms with Crippen LogP contribution in [0.2, 0.25) is 0 Å². The Morgan fingerprint density at radius 2 is 2.10 bits per heavy atom. The third-order valence-corrected chi connectivity index (χ3v) is 6.63. The average Bonchev–Trinajstić information content (AvgIpc) is 2.75. The highest BCUT2D eigenvalue weighted by Crippen LogP contribution is 2.22. The van der Waals surface area contributed by atoms with Gasteiger partial charge in [0.1, 0.15) is 0 Å². The van der Waals surface area contributed by atoms with Gasteiger partial charge >= 0.3 is 0 Å². The van der Waals surface area contributed by atoms with Crippen LogP contribution >= 0.6 is 11.8 Å². The molecule has 1 atom stereocenters. The number of benzene rings is 1. The molecule has 0 bridgehead atoms. The molecule has 0 aliphatic carbocycles. The van der Waals surface area contributed by atoms with E-state index in [1.807, 2.05) is 47.9 Å². The van der Waals surface area contributed by atoms with Crippen LogP contribution < -0.4 is 15.8 Å². The van der Waals surface area contributed by atoms with E-state index < -0.39 is 0 Å². The van der Waals surface area contributed by atoms with E-state index in [1.54, 1.807) is 4.57 Å². The summed E-state index contributed by atoms with van der Waals surface area (Å²) in [4.78, 5) is 32.3. The van der Waals surface area contributed by atoms with Crippen molar-refractivity contribution in [1.29, 1.82) is 0 Å². The quantitative estimate of drug-likeness (QED) is 0.636. The SMILES string of the molecule is CCCSCCCNC(=O)C1CCCN(c2nc3ccccc3n(CC)c2=O)C1. The molecule has 1 unspecified atom stereocenters. The molecule has 29 heavy (non-hydrogen) atoms. The Bertz CT molecular complexity index is 883. The number of aromatic nitrogens is 2. The lowest BCUT2D eigenvalue weighted by Crippen LogP contribution is -2.45. The Kier molecular flexibility index (Phi) is 7.98. The van der Waals surface area contributed by atoms with Crippen LogP contribution in [-0.4, -0.2) is 46.6 Å². The minimum absolute atomic E-state index is 0.0693. The number of aryl methyl sites for hydroxylation is 1. The molecule has 1 aromatic heterocycles. The summed E-state index contributed by atoms with van der Waals surface area (Å²) in [7, 11) is 0. The second kappa shape index (κ2) is 10.7. The van der Waals surface area contributed by atoms with Crippen molar-refractivity contribution in [2.75, 3.05) is 36.0 Å². The zero-order chi connectivity index (χ0) is 20.6. The highest BCUT2D eigenvalue weighted by molar-refractivity contribution is 7.99. The second-order valence-electron chi connectivity index (χ2n) is 7.52. The smallest absolute Gasteiger partial charge is 0.293 e. The van der Waals surface area contributed by atoms with Gasteiger partial charge in [0, 0.05) is 26.2 Å². The van der Waals surface area contributed by atoms with E-state index in [9.17, 15) is 9.59 Å². The van der Waals surface area contributed by atoms with Gasteiger partial charge < -0.3 is 14.8 Å². The maximum Gasteiger partial charge on any atom is 0.293 e. The van der Waals surface area contributed by atoms with Gasteiger partial charge in [-0.3, -0.25) is 9.59 Å². The van der Waals surface area contributed by atoms with Crippen molar-refractivity contribution in [3.8, 4) is 0 Å². The molecule has 0 saturated carbocycles. The van der Waals surface area contributed by atoms with Crippen molar-refractivity contribution in [2.45, 2.75) is 46.1 Å². The predicted molar refractivity (Wildman–Crippen MR) is 122 cm³/mol. The topological polar surface area (TPSA) is 67.2 Å². The maximum absolute atomic E-state index is 13.0. The van der Waals surface area contributed by atoms with E-state index in [2.05, 4.69) is 17.2 Å². The first-order valence-electron chi connectivity index (χ1n) is 10.8. The Hall–Kier alpha value is -2.02. The fourth-order valence-corrected chi connectivity index (χ4v) is 4.70. The molecule has 0 radical (unpaired) electrons. The summed E-state index contributed by atoms with van der Waals surface area (Å²) in [5.74, 6) is 2.75. The molecule has 1 aliphatic rings. The Morgan fingerprint density at radius 1 is 1.28 bits per heavy atom. The van der Waals surface area contributed by atoms with Crippen molar-refractivity contribution in [2.24, 2.45) is 5.92 Å². The number of nitrogens with one attached hydrogen (secondary N) is 1. The molecule has 158 valence electrons. The minimum Gasteiger partial charge on any atom is -0.356 e. The van der Waals surface area contributed by atoms with Gasteiger partial charge in [-0.05, 0) is 56.2 Å². The van der Waals surface area contributed by atoms with Crippen LogP contribution in [0.1, 0.15) is 39.5 Å². The van der Waals surface area contributed by atoms with Crippen molar-refractivity contribution < 1.29 is 4.79 Å². The van der Waals surface area contributed by atoms with E-state index in [1.165, 1.54) is 12.2 Å². The van der Waals surface area contributed by atoms with Crippen LogP contribution in [0.3, 0.4) is 0 Å². The number of hydrogen-bond donors (Lipinski definition) is 1. The van der Waals surface area contributed by atoms with Crippen LogP contribution in [0.25, 0.3) is 11.0 Å². The largest absolute Gasteiger partial charge is 0.356 e. The molecule has 1 aromatic carbocycles. The average molecular weight is 417 g/mol. The van der Waals surface area contributed by atoms with Crippen molar-refractivity contribution in [3.63, 3.8) is 0 Å². The molecule has 1 amide bonds. The lowest BCUT2D eigenvalue weighted by molar-refractivity contribution is -0.125. The third-order valence-electron chi connectivity index (χ3n) is 5.36. The summed E-state index contributed by atoms with van der Waals surface area (Å²) >= 11 is 1.94. The molecule has 1 aliphatic heterocycles. The number of fused-ring (bicyclic) bond motifs is 1. The standard InChI is InChI=1S/C22H32N4O2S/c1-3-14-29-15-8-12-23-21(27)17-9-7-13-25(16-17)20-22(28)26(4-2)19-11-6-5-10-18(19)24-20/h5-6,10-11,17H,3-4,7-9,12-16H2,1-2H3,(H,23,27). The fraction of sp³-hybridized carbons (Fsp3) is 0.591. The highest BCUT2D eigenvalue weighted by atomic mass is 32.2. The number of hydrogen-bond acceptors (Lipinski definition) is 5. The summed E-state index contributed by atoms with van der Waals surface area (Å²) in [6, 6.07) is 7.74. The zero-order valence-corrected chi connectivity index (χ0v) is 18.3. The number of rotatable bonds is 9. The van der Waals surface area contributed by atoms with Gasteiger partial charge in [-0.25, -0.2) is 4.98 Å². The summed E-state index contributed by atoms with van der Waals surface area (Å²) in [6.45, 7) is 6.81. The number of nitrogens with zero attached hydrogens (tertiary/aromatic N) is 3. The summed E-state index contributed by atoms with van der Waals surface area (Å²) in [6.07, 6.45) is 3.95. The first-order valence-corrected chi connectivity index (χ1v) is 11.9. The number of carbonyl (C=O) groups excluding carboxylic acids is 1. The van der Waals surface area contributed by atoms with E-state index in [0.29, 0.717) is 18.9 Å². The number of piperidine rings is 1. The van der Waals surface area contributed by atoms with Crippen LogP contribution in [0, 0.1) is 5.92 Å². The van der Waals surface area contributed by atoms with E-state index in [-0.39, 0.29) is 17.4 Å². The fourth-order valence-electron chi connectivity index (χ4n) is 3.86. The molecular formula is C22H32N4O2S. The lowest BCUT2D eigenvalue weighted by atomic mass is 9.97. The van der Waals surface area contributed by atoms with E-state index >= 15 is 0 Å². The number of amides is 1. The van der Waals surface area contributed by atoms with E-state index in [4.69, 9.17) is 0 Å². The molecule has 2 heterocycles. The molecule has 3 rings (SSSR count).